The van der Waals surface area contributed by atoms with Gasteiger partial charge >= 0.3 is 0 Å². The third kappa shape index (κ3) is 4.01. The highest BCUT2D eigenvalue weighted by atomic mass is 35.5. The fourth-order valence-electron chi connectivity index (χ4n) is 3.01. The number of hydrogen-bond acceptors (Lipinski definition) is 3. The smallest absolute Gasteiger partial charge is 0.254 e. The van der Waals surface area contributed by atoms with E-state index in [9.17, 15) is 9.59 Å². The summed E-state index contributed by atoms with van der Waals surface area (Å²) in [6.07, 6.45) is 1.72. The van der Waals surface area contributed by atoms with Crippen LogP contribution in [0.15, 0.2) is 18.2 Å². The SMILES string of the molecule is CCC(CC)C(=O)N1CCN(C(=O)c2ccc(OC)c(Cl)c2)CC1. The van der Waals surface area contributed by atoms with Gasteiger partial charge in [-0.15, -0.1) is 0 Å². The highest BCUT2D eigenvalue weighted by molar-refractivity contribution is 6.32. The summed E-state index contributed by atoms with van der Waals surface area (Å²) in [6, 6.07) is 5.04. The third-order valence-corrected chi connectivity index (χ3v) is 4.91. The number of piperazine rings is 1. The van der Waals surface area contributed by atoms with E-state index in [1.807, 2.05) is 18.7 Å². The Balaban J connectivity index is 1.98. The number of ether oxygens (including phenoxy) is 1. The van der Waals surface area contributed by atoms with Crippen molar-refractivity contribution in [2.75, 3.05) is 33.3 Å². The summed E-state index contributed by atoms with van der Waals surface area (Å²) in [5, 5.41) is 0.422. The van der Waals surface area contributed by atoms with Gasteiger partial charge in [-0.2, -0.15) is 0 Å². The zero-order valence-corrected chi connectivity index (χ0v) is 15.3. The molecule has 1 aromatic rings. The van der Waals surface area contributed by atoms with E-state index < -0.39 is 0 Å². The molecule has 24 heavy (non-hydrogen) atoms. The number of halogens is 1. The fraction of sp³-hybridized carbons (Fsp3) is 0.556. The number of amides is 2. The van der Waals surface area contributed by atoms with Crippen molar-refractivity contribution in [3.63, 3.8) is 0 Å². The molecule has 0 saturated carbocycles. The van der Waals surface area contributed by atoms with Gasteiger partial charge in [0.05, 0.1) is 12.1 Å². The molecule has 0 atom stereocenters. The molecule has 1 fully saturated rings. The van der Waals surface area contributed by atoms with E-state index >= 15 is 0 Å². The standard InChI is InChI=1S/C18H25ClN2O3/c1-4-13(5-2)17(22)20-8-10-21(11-9-20)18(23)14-6-7-16(24-3)15(19)12-14/h6-7,12-13H,4-5,8-11H2,1-3H3. The number of carbonyl (C=O) groups excluding carboxylic acids is 2. The predicted octanol–water partition coefficient (Wildman–Crippen LogP) is 3.07. The highest BCUT2D eigenvalue weighted by Gasteiger charge is 2.27. The largest absolute Gasteiger partial charge is 0.495 e. The van der Waals surface area contributed by atoms with Crippen LogP contribution in [0, 0.1) is 5.92 Å². The topological polar surface area (TPSA) is 49.9 Å². The first kappa shape index (κ1) is 18.6. The zero-order chi connectivity index (χ0) is 17.7. The molecule has 0 spiro atoms. The molecule has 1 heterocycles. The monoisotopic (exact) mass is 352 g/mol. The molecule has 0 aromatic heterocycles. The molecule has 2 amide bonds. The summed E-state index contributed by atoms with van der Waals surface area (Å²) in [5.41, 5.74) is 0.542. The van der Waals surface area contributed by atoms with E-state index in [1.54, 1.807) is 30.2 Å². The fourth-order valence-corrected chi connectivity index (χ4v) is 3.27. The van der Waals surface area contributed by atoms with Gasteiger partial charge in [-0.1, -0.05) is 25.4 Å². The van der Waals surface area contributed by atoms with E-state index in [0.717, 1.165) is 12.8 Å². The first-order valence-corrected chi connectivity index (χ1v) is 8.81. The van der Waals surface area contributed by atoms with Crippen LogP contribution in [0.5, 0.6) is 5.75 Å². The van der Waals surface area contributed by atoms with Crippen LogP contribution in [0.2, 0.25) is 5.02 Å². The van der Waals surface area contributed by atoms with E-state index in [2.05, 4.69) is 0 Å². The van der Waals surface area contributed by atoms with Gasteiger partial charge in [0, 0.05) is 37.7 Å². The van der Waals surface area contributed by atoms with Gasteiger partial charge in [0.2, 0.25) is 5.91 Å². The Morgan fingerprint density at radius 3 is 2.21 bits per heavy atom. The van der Waals surface area contributed by atoms with Crippen LogP contribution in [0.4, 0.5) is 0 Å². The minimum absolute atomic E-state index is 0.0609. The second-order valence-corrected chi connectivity index (χ2v) is 6.39. The summed E-state index contributed by atoms with van der Waals surface area (Å²) >= 11 is 6.10. The zero-order valence-electron chi connectivity index (χ0n) is 14.5. The van der Waals surface area contributed by atoms with E-state index in [0.29, 0.717) is 42.5 Å². The number of nitrogens with zero attached hydrogens (tertiary/aromatic N) is 2. The highest BCUT2D eigenvalue weighted by Crippen LogP contribution is 2.25. The van der Waals surface area contributed by atoms with Crippen LogP contribution < -0.4 is 4.74 Å². The summed E-state index contributed by atoms with van der Waals surface area (Å²) in [5.74, 6) is 0.787. The Kier molecular flexibility index (Phi) is 6.49. The average Bonchev–Trinajstić information content (AvgIpc) is 2.62. The summed E-state index contributed by atoms with van der Waals surface area (Å²) in [7, 11) is 1.54. The van der Waals surface area contributed by atoms with Gasteiger partial charge in [0.25, 0.3) is 5.91 Å². The number of rotatable bonds is 5. The predicted molar refractivity (Wildman–Crippen MR) is 94.6 cm³/mol. The Morgan fingerprint density at radius 2 is 1.71 bits per heavy atom. The van der Waals surface area contributed by atoms with Crippen molar-refractivity contribution in [2.24, 2.45) is 5.92 Å². The molecule has 5 nitrogen and oxygen atoms in total. The molecule has 1 saturated heterocycles. The number of carbonyl (C=O) groups is 2. The molecular weight excluding hydrogens is 328 g/mol. The number of hydrogen-bond donors (Lipinski definition) is 0. The second kappa shape index (κ2) is 8.38. The second-order valence-electron chi connectivity index (χ2n) is 5.98. The average molecular weight is 353 g/mol. The van der Waals surface area contributed by atoms with Gasteiger partial charge in [0.1, 0.15) is 5.75 Å². The van der Waals surface area contributed by atoms with Crippen molar-refractivity contribution >= 4 is 23.4 Å². The van der Waals surface area contributed by atoms with Crippen molar-refractivity contribution < 1.29 is 14.3 Å². The van der Waals surface area contributed by atoms with Crippen molar-refractivity contribution in [1.82, 2.24) is 9.80 Å². The molecule has 1 aromatic carbocycles. The molecule has 132 valence electrons. The maximum absolute atomic E-state index is 12.6. The lowest BCUT2D eigenvalue weighted by atomic mass is 10.0. The molecule has 2 rings (SSSR count). The Hall–Kier alpha value is -1.75. The van der Waals surface area contributed by atoms with Gasteiger partial charge < -0.3 is 14.5 Å². The Labute approximate surface area is 148 Å². The lowest BCUT2D eigenvalue weighted by Gasteiger charge is -2.36. The van der Waals surface area contributed by atoms with E-state index in [4.69, 9.17) is 16.3 Å². The van der Waals surface area contributed by atoms with Crippen molar-refractivity contribution in [2.45, 2.75) is 26.7 Å². The molecule has 0 N–H and O–H groups in total. The lowest BCUT2D eigenvalue weighted by molar-refractivity contribution is -0.137. The van der Waals surface area contributed by atoms with Gasteiger partial charge in [-0.25, -0.2) is 0 Å². The molecular formula is C18H25ClN2O3. The quantitative estimate of drug-likeness (QED) is 0.818. The molecule has 0 radical (unpaired) electrons. The number of benzene rings is 1. The van der Waals surface area contributed by atoms with Gasteiger partial charge in [0.15, 0.2) is 0 Å². The molecule has 1 aliphatic rings. The Morgan fingerprint density at radius 1 is 1.12 bits per heavy atom. The van der Waals surface area contributed by atoms with Gasteiger partial charge in [-0.3, -0.25) is 9.59 Å². The number of methoxy groups -OCH3 is 1. The van der Waals surface area contributed by atoms with Gasteiger partial charge in [-0.05, 0) is 31.0 Å². The molecule has 0 aliphatic carbocycles. The van der Waals surface area contributed by atoms with Crippen LogP contribution >= 0.6 is 11.6 Å². The molecule has 1 aliphatic heterocycles. The van der Waals surface area contributed by atoms with Crippen LogP contribution in [-0.2, 0) is 4.79 Å². The van der Waals surface area contributed by atoms with Crippen LogP contribution in [0.1, 0.15) is 37.0 Å². The summed E-state index contributed by atoms with van der Waals surface area (Å²) < 4.78 is 5.11. The first-order chi connectivity index (χ1) is 11.5. The van der Waals surface area contributed by atoms with Crippen molar-refractivity contribution in [1.29, 1.82) is 0 Å². The summed E-state index contributed by atoms with van der Waals surface area (Å²) in [4.78, 5) is 28.7. The molecule has 0 bridgehead atoms. The molecule has 6 heteroatoms. The minimum atomic E-state index is -0.0609. The van der Waals surface area contributed by atoms with E-state index in [-0.39, 0.29) is 17.7 Å². The van der Waals surface area contributed by atoms with Crippen molar-refractivity contribution in [3.8, 4) is 5.75 Å². The maximum atomic E-state index is 12.6. The Bertz CT molecular complexity index is 594. The lowest BCUT2D eigenvalue weighted by Crippen LogP contribution is -2.51. The van der Waals surface area contributed by atoms with Crippen molar-refractivity contribution in [3.05, 3.63) is 28.8 Å². The van der Waals surface area contributed by atoms with Crippen LogP contribution in [-0.4, -0.2) is 54.9 Å². The maximum Gasteiger partial charge on any atom is 0.254 e. The van der Waals surface area contributed by atoms with E-state index in [1.165, 1.54) is 0 Å². The van der Waals surface area contributed by atoms with Crippen LogP contribution in [0.25, 0.3) is 0 Å². The molecule has 0 unspecified atom stereocenters. The third-order valence-electron chi connectivity index (χ3n) is 4.61. The summed E-state index contributed by atoms with van der Waals surface area (Å²) in [6.45, 7) is 6.36. The minimum Gasteiger partial charge on any atom is -0.495 e. The van der Waals surface area contributed by atoms with Crippen LogP contribution in [0.3, 0.4) is 0 Å². The normalized spacial score (nSPS) is 14.9. The first-order valence-electron chi connectivity index (χ1n) is 8.43.